The highest BCUT2D eigenvalue weighted by Crippen LogP contribution is 2.45. The van der Waals surface area contributed by atoms with Crippen LogP contribution in [0.1, 0.15) is 53.2 Å². The molecule has 7 nitrogen and oxygen atoms in total. The Labute approximate surface area is 267 Å². The highest BCUT2D eigenvalue weighted by Gasteiger charge is 2.28. The zero-order valence-corrected chi connectivity index (χ0v) is 25.7. The third-order valence-corrected chi connectivity index (χ3v) is 8.90. The minimum absolute atomic E-state index is 0.174. The van der Waals surface area contributed by atoms with Crippen LogP contribution in [0.15, 0.2) is 67.0 Å². The summed E-state index contributed by atoms with van der Waals surface area (Å²) in [6.07, 6.45) is 6.84. The number of benzene rings is 3. The Morgan fingerprint density at radius 1 is 0.977 bits per heavy atom. The molecule has 226 valence electrons. The third kappa shape index (κ3) is 6.64. The summed E-state index contributed by atoms with van der Waals surface area (Å²) >= 11 is 13.6. The van der Waals surface area contributed by atoms with Crippen molar-refractivity contribution < 1.29 is 19.3 Å². The van der Waals surface area contributed by atoms with Crippen molar-refractivity contribution in [1.29, 1.82) is 5.26 Å². The standard InChI is InChI=1S/C35H33Cl2N3O4/c36-30-13-25(19-41)33(43-21-24-12-23(15-38)17-40-18-24)14-34(30)44-31-10-9-27-26(5-1-6-28(27)31)29-7-2-8-32(35(29)37)42-20-22-4-3-11-39-16-22/h1-2,5-8,12-14,17-18,22,31,39,41H,3-4,9-11,16,19-21H2. The van der Waals surface area contributed by atoms with Crippen molar-refractivity contribution in [2.24, 2.45) is 5.92 Å². The predicted molar refractivity (Wildman–Crippen MR) is 170 cm³/mol. The zero-order chi connectivity index (χ0) is 30.5. The van der Waals surface area contributed by atoms with Gasteiger partial charge in [0.1, 0.15) is 36.0 Å². The van der Waals surface area contributed by atoms with Gasteiger partial charge < -0.3 is 24.6 Å². The van der Waals surface area contributed by atoms with Crippen LogP contribution in [-0.2, 0) is 19.6 Å². The molecule has 4 aromatic rings. The monoisotopic (exact) mass is 629 g/mol. The van der Waals surface area contributed by atoms with Gasteiger partial charge in [0.2, 0.25) is 0 Å². The van der Waals surface area contributed by atoms with E-state index in [4.69, 9.17) is 42.7 Å². The molecule has 6 rings (SSSR count). The largest absolute Gasteiger partial charge is 0.492 e. The number of halogens is 2. The molecule has 0 spiro atoms. The van der Waals surface area contributed by atoms with Crippen LogP contribution in [0.3, 0.4) is 0 Å². The summed E-state index contributed by atoms with van der Waals surface area (Å²) in [5.74, 6) is 2.11. The van der Waals surface area contributed by atoms with Crippen molar-refractivity contribution in [3.63, 3.8) is 0 Å². The highest BCUT2D eigenvalue weighted by molar-refractivity contribution is 6.35. The molecule has 9 heteroatoms. The van der Waals surface area contributed by atoms with Gasteiger partial charge in [-0.1, -0.05) is 53.5 Å². The second-order valence-electron chi connectivity index (χ2n) is 11.2. The molecule has 44 heavy (non-hydrogen) atoms. The molecule has 0 bridgehead atoms. The third-order valence-electron chi connectivity index (χ3n) is 8.22. The van der Waals surface area contributed by atoms with Gasteiger partial charge in [0.15, 0.2) is 0 Å². The Kier molecular flexibility index (Phi) is 9.54. The van der Waals surface area contributed by atoms with Crippen molar-refractivity contribution >= 4 is 23.2 Å². The van der Waals surface area contributed by atoms with Gasteiger partial charge in [-0.05, 0) is 67.1 Å². The van der Waals surface area contributed by atoms with Crippen LogP contribution in [0.5, 0.6) is 17.2 Å². The molecule has 1 aliphatic heterocycles. The van der Waals surface area contributed by atoms with E-state index in [1.165, 1.54) is 18.2 Å². The predicted octanol–water partition coefficient (Wildman–Crippen LogP) is 7.44. The fourth-order valence-electron chi connectivity index (χ4n) is 5.96. The molecule has 2 atom stereocenters. The Morgan fingerprint density at radius 2 is 1.84 bits per heavy atom. The van der Waals surface area contributed by atoms with E-state index >= 15 is 0 Å². The molecule has 2 heterocycles. The van der Waals surface area contributed by atoms with E-state index in [0.29, 0.717) is 50.9 Å². The first-order chi connectivity index (χ1) is 21.5. The number of hydrogen-bond donors (Lipinski definition) is 2. The van der Waals surface area contributed by atoms with E-state index < -0.39 is 0 Å². The average molecular weight is 631 g/mol. The molecule has 2 aliphatic rings. The van der Waals surface area contributed by atoms with Gasteiger partial charge in [0.25, 0.3) is 0 Å². The number of aliphatic hydroxyl groups excluding tert-OH is 1. The number of aromatic nitrogens is 1. The van der Waals surface area contributed by atoms with Crippen molar-refractivity contribution in [1.82, 2.24) is 10.3 Å². The Bertz CT molecular complexity index is 1680. The number of hydrogen-bond acceptors (Lipinski definition) is 7. The number of piperidine rings is 1. The summed E-state index contributed by atoms with van der Waals surface area (Å²) < 4.78 is 18.7. The number of ether oxygens (including phenoxy) is 3. The molecule has 0 amide bonds. The van der Waals surface area contributed by atoms with Crippen LogP contribution in [0.4, 0.5) is 0 Å². The minimum atomic E-state index is -0.247. The van der Waals surface area contributed by atoms with Gasteiger partial charge in [0.05, 0.1) is 28.8 Å². The number of pyridine rings is 1. The SMILES string of the molecule is N#Cc1cncc(COc2cc(OC3CCc4c(-c5cccc(OCC6CCCNC6)c5Cl)cccc43)c(Cl)cc2CO)c1. The Balaban J connectivity index is 1.21. The number of aliphatic hydroxyl groups is 1. The molecule has 0 saturated carbocycles. The summed E-state index contributed by atoms with van der Waals surface area (Å²) in [4.78, 5) is 4.08. The van der Waals surface area contributed by atoms with Crippen molar-refractivity contribution in [3.05, 3.63) is 105 Å². The van der Waals surface area contributed by atoms with E-state index in [1.807, 2.05) is 24.3 Å². The molecule has 3 aromatic carbocycles. The Morgan fingerprint density at radius 3 is 2.66 bits per heavy atom. The molecule has 2 unspecified atom stereocenters. The van der Waals surface area contributed by atoms with Gasteiger partial charge in [0, 0.05) is 47.6 Å². The maximum atomic E-state index is 9.95. The highest BCUT2D eigenvalue weighted by atomic mass is 35.5. The zero-order valence-electron chi connectivity index (χ0n) is 24.2. The second-order valence-corrected chi connectivity index (χ2v) is 12.0. The van der Waals surface area contributed by atoms with Crippen molar-refractivity contribution in [3.8, 4) is 34.4 Å². The topological polar surface area (TPSA) is 96.6 Å². The molecule has 1 aromatic heterocycles. The number of fused-ring (bicyclic) bond motifs is 1. The summed E-state index contributed by atoms with van der Waals surface area (Å²) in [6, 6.07) is 19.4. The molecule has 0 radical (unpaired) electrons. The van der Waals surface area contributed by atoms with Crippen molar-refractivity contribution in [2.45, 2.75) is 45.0 Å². The van der Waals surface area contributed by atoms with Crippen LogP contribution in [0.25, 0.3) is 11.1 Å². The summed E-state index contributed by atoms with van der Waals surface area (Å²) in [5.41, 5.74) is 6.02. The lowest BCUT2D eigenvalue weighted by Crippen LogP contribution is -2.33. The number of nitriles is 1. The number of rotatable bonds is 10. The van der Waals surface area contributed by atoms with E-state index in [-0.39, 0.29) is 19.3 Å². The van der Waals surface area contributed by atoms with Gasteiger partial charge in [-0.15, -0.1) is 0 Å². The normalized spacial score (nSPS) is 17.5. The van der Waals surface area contributed by atoms with Gasteiger partial charge in [-0.2, -0.15) is 5.26 Å². The fraction of sp³-hybridized carbons (Fsp3) is 0.314. The second kappa shape index (κ2) is 13.9. The van der Waals surface area contributed by atoms with Gasteiger partial charge >= 0.3 is 0 Å². The van der Waals surface area contributed by atoms with Gasteiger partial charge in [-0.25, -0.2) is 0 Å². The molecule has 2 N–H and O–H groups in total. The summed E-state index contributed by atoms with van der Waals surface area (Å²) in [7, 11) is 0. The molecule has 1 fully saturated rings. The van der Waals surface area contributed by atoms with E-state index in [0.717, 1.165) is 54.6 Å². The summed E-state index contributed by atoms with van der Waals surface area (Å²) in [5, 5.41) is 23.6. The maximum absolute atomic E-state index is 9.95. The molecule has 1 saturated heterocycles. The van der Waals surface area contributed by atoms with Crippen LogP contribution >= 0.6 is 23.2 Å². The minimum Gasteiger partial charge on any atom is -0.492 e. The average Bonchev–Trinajstić information content (AvgIpc) is 3.48. The first-order valence-electron chi connectivity index (χ1n) is 14.8. The molecular formula is C35H33Cl2N3O4. The van der Waals surface area contributed by atoms with E-state index in [1.54, 1.807) is 24.4 Å². The van der Waals surface area contributed by atoms with Crippen LogP contribution in [0, 0.1) is 17.2 Å². The quantitative estimate of drug-likeness (QED) is 0.188. The van der Waals surface area contributed by atoms with Crippen molar-refractivity contribution in [2.75, 3.05) is 19.7 Å². The summed E-state index contributed by atoms with van der Waals surface area (Å²) in [6.45, 7) is 2.61. The lowest BCUT2D eigenvalue weighted by Gasteiger charge is -2.23. The van der Waals surface area contributed by atoms with Gasteiger partial charge in [-0.3, -0.25) is 4.98 Å². The lowest BCUT2D eigenvalue weighted by molar-refractivity contribution is 0.205. The smallest absolute Gasteiger partial charge is 0.142 e. The van der Waals surface area contributed by atoms with E-state index in [9.17, 15) is 5.11 Å². The maximum Gasteiger partial charge on any atom is 0.142 e. The first-order valence-corrected chi connectivity index (χ1v) is 15.6. The van der Waals surface area contributed by atoms with Crippen LogP contribution < -0.4 is 19.5 Å². The molecule has 1 aliphatic carbocycles. The first kappa shape index (κ1) is 30.2. The van der Waals surface area contributed by atoms with Crippen LogP contribution in [0.2, 0.25) is 10.0 Å². The fourth-order valence-corrected chi connectivity index (χ4v) is 6.47. The van der Waals surface area contributed by atoms with Crippen LogP contribution in [-0.4, -0.2) is 29.8 Å². The lowest BCUT2D eigenvalue weighted by atomic mass is 9.96. The Hall–Kier alpha value is -3.80. The van der Waals surface area contributed by atoms with E-state index in [2.05, 4.69) is 28.5 Å². The molecular weight excluding hydrogens is 597 g/mol. The number of nitrogens with zero attached hydrogens (tertiary/aromatic N) is 2. The number of nitrogens with one attached hydrogen (secondary N) is 1.